The highest BCUT2D eigenvalue weighted by atomic mass is 35.5. The van der Waals surface area contributed by atoms with Crippen molar-refractivity contribution in [1.29, 1.82) is 0 Å². The molecule has 2 rings (SSSR count). The van der Waals surface area contributed by atoms with E-state index in [4.69, 9.17) is 23.2 Å². The van der Waals surface area contributed by atoms with Crippen LogP contribution in [0.3, 0.4) is 0 Å². The van der Waals surface area contributed by atoms with Gasteiger partial charge in [-0.05, 0) is 30.3 Å². The third-order valence-electron chi connectivity index (χ3n) is 3.08. The van der Waals surface area contributed by atoms with Crippen LogP contribution in [0.4, 0.5) is 19.3 Å². The molecule has 0 spiro atoms. The van der Waals surface area contributed by atoms with Crippen LogP contribution in [0.5, 0.6) is 0 Å². The van der Waals surface area contributed by atoms with Crippen LogP contribution >= 0.6 is 23.2 Å². The SMILES string of the molecule is O=C(NCCNC(=O)c1ccc(Cl)c(Cl)c1)Nc1c(F)cccc1F. The fraction of sp³-hybridized carbons (Fsp3) is 0.125. The average Bonchev–Trinajstić information content (AvgIpc) is 2.57. The third-order valence-corrected chi connectivity index (χ3v) is 3.82. The molecular formula is C16H13Cl2F2N3O2. The van der Waals surface area contributed by atoms with Crippen LogP contribution in [0.25, 0.3) is 0 Å². The van der Waals surface area contributed by atoms with Crippen LogP contribution in [0, 0.1) is 11.6 Å². The molecule has 2 aromatic rings. The number of hydrogen-bond donors (Lipinski definition) is 3. The Morgan fingerprint density at radius 1 is 0.920 bits per heavy atom. The van der Waals surface area contributed by atoms with Gasteiger partial charge in [0.05, 0.1) is 10.0 Å². The first-order chi connectivity index (χ1) is 11.9. The summed E-state index contributed by atoms with van der Waals surface area (Å²) in [5.74, 6) is -2.17. The van der Waals surface area contributed by atoms with Gasteiger partial charge in [-0.15, -0.1) is 0 Å². The molecule has 132 valence electrons. The molecule has 0 aliphatic heterocycles. The molecule has 0 atom stereocenters. The summed E-state index contributed by atoms with van der Waals surface area (Å²) in [5, 5.41) is 7.57. The van der Waals surface area contributed by atoms with E-state index in [1.807, 2.05) is 0 Å². The van der Waals surface area contributed by atoms with Crippen LogP contribution in [0.1, 0.15) is 10.4 Å². The van der Waals surface area contributed by atoms with Crippen LogP contribution in [-0.4, -0.2) is 25.0 Å². The molecular weight excluding hydrogens is 375 g/mol. The summed E-state index contributed by atoms with van der Waals surface area (Å²) in [6, 6.07) is 6.85. The Bertz CT molecular complexity index is 783. The van der Waals surface area contributed by atoms with E-state index in [0.717, 1.165) is 12.1 Å². The Hall–Kier alpha value is -2.38. The Morgan fingerprint density at radius 2 is 1.56 bits per heavy atom. The lowest BCUT2D eigenvalue weighted by atomic mass is 10.2. The van der Waals surface area contributed by atoms with E-state index < -0.39 is 29.3 Å². The zero-order valence-electron chi connectivity index (χ0n) is 12.7. The van der Waals surface area contributed by atoms with E-state index in [9.17, 15) is 18.4 Å². The van der Waals surface area contributed by atoms with Crippen molar-refractivity contribution in [1.82, 2.24) is 10.6 Å². The molecule has 0 saturated carbocycles. The number of para-hydroxylation sites is 1. The summed E-state index contributed by atoms with van der Waals surface area (Å²) in [4.78, 5) is 23.5. The molecule has 0 unspecified atom stereocenters. The van der Waals surface area contributed by atoms with Gasteiger partial charge in [-0.25, -0.2) is 13.6 Å². The smallest absolute Gasteiger partial charge is 0.319 e. The van der Waals surface area contributed by atoms with Crippen LogP contribution < -0.4 is 16.0 Å². The van der Waals surface area contributed by atoms with E-state index in [1.54, 1.807) is 0 Å². The highest BCUT2D eigenvalue weighted by Gasteiger charge is 2.11. The number of anilines is 1. The maximum absolute atomic E-state index is 13.4. The summed E-state index contributed by atoms with van der Waals surface area (Å²) in [6.45, 7) is 0.154. The van der Waals surface area contributed by atoms with Crippen LogP contribution in [-0.2, 0) is 0 Å². The first-order valence-corrected chi connectivity index (χ1v) is 7.86. The van der Waals surface area contributed by atoms with Crippen molar-refractivity contribution in [3.63, 3.8) is 0 Å². The number of nitrogens with one attached hydrogen (secondary N) is 3. The van der Waals surface area contributed by atoms with Gasteiger partial charge in [0.1, 0.15) is 17.3 Å². The predicted molar refractivity (Wildman–Crippen MR) is 92.2 cm³/mol. The molecule has 2 aromatic carbocycles. The predicted octanol–water partition coefficient (Wildman–Crippen LogP) is 3.82. The first-order valence-electron chi connectivity index (χ1n) is 7.10. The Morgan fingerprint density at radius 3 is 2.20 bits per heavy atom. The van der Waals surface area contributed by atoms with Crippen molar-refractivity contribution < 1.29 is 18.4 Å². The second kappa shape index (κ2) is 8.64. The quantitative estimate of drug-likeness (QED) is 0.682. The van der Waals surface area contributed by atoms with E-state index in [2.05, 4.69) is 16.0 Å². The van der Waals surface area contributed by atoms with Gasteiger partial charge >= 0.3 is 6.03 Å². The van der Waals surface area contributed by atoms with Gasteiger partial charge in [-0.2, -0.15) is 0 Å². The standard InChI is InChI=1S/C16H13Cl2F2N3O2/c17-10-5-4-9(8-11(10)18)15(24)21-6-7-22-16(25)23-14-12(19)2-1-3-13(14)20/h1-5,8H,6-7H2,(H,21,24)(H2,22,23,25). The third kappa shape index (κ3) is 5.30. The number of benzene rings is 2. The van der Waals surface area contributed by atoms with Crippen molar-refractivity contribution in [3.05, 3.63) is 63.6 Å². The zero-order chi connectivity index (χ0) is 18.4. The molecule has 0 bridgehead atoms. The van der Waals surface area contributed by atoms with Crippen molar-refractivity contribution >= 4 is 40.8 Å². The number of carbonyl (C=O) groups excluding carboxylic acids is 2. The lowest BCUT2D eigenvalue weighted by Crippen LogP contribution is -2.37. The fourth-order valence-electron chi connectivity index (χ4n) is 1.87. The number of carbonyl (C=O) groups is 2. The van der Waals surface area contributed by atoms with E-state index >= 15 is 0 Å². The lowest BCUT2D eigenvalue weighted by Gasteiger charge is -2.10. The molecule has 9 heteroatoms. The van der Waals surface area contributed by atoms with Crippen molar-refractivity contribution in [2.45, 2.75) is 0 Å². The molecule has 3 N–H and O–H groups in total. The fourth-order valence-corrected chi connectivity index (χ4v) is 2.16. The molecule has 0 aromatic heterocycles. The van der Waals surface area contributed by atoms with Crippen LogP contribution in [0.15, 0.2) is 36.4 Å². The average molecular weight is 388 g/mol. The summed E-state index contributed by atoms with van der Waals surface area (Å²) >= 11 is 11.6. The second-order valence-electron chi connectivity index (χ2n) is 4.86. The molecule has 0 heterocycles. The molecule has 25 heavy (non-hydrogen) atoms. The normalized spacial score (nSPS) is 10.2. The van der Waals surface area contributed by atoms with Gasteiger partial charge in [0, 0.05) is 18.7 Å². The molecule has 0 saturated heterocycles. The first kappa shape index (κ1) is 19.0. The molecule has 0 aliphatic rings. The summed E-state index contributed by atoms with van der Waals surface area (Å²) in [6.07, 6.45) is 0. The van der Waals surface area contributed by atoms with Crippen molar-refractivity contribution in [2.24, 2.45) is 0 Å². The monoisotopic (exact) mass is 387 g/mol. The second-order valence-corrected chi connectivity index (χ2v) is 5.68. The topological polar surface area (TPSA) is 70.2 Å². The van der Waals surface area contributed by atoms with Crippen LogP contribution in [0.2, 0.25) is 10.0 Å². The van der Waals surface area contributed by atoms with Gasteiger partial charge in [0.25, 0.3) is 5.91 Å². The van der Waals surface area contributed by atoms with Gasteiger partial charge in [-0.3, -0.25) is 4.79 Å². The molecule has 0 fully saturated rings. The minimum absolute atomic E-state index is 0.0506. The number of amides is 3. The summed E-state index contributed by atoms with van der Waals surface area (Å²) in [7, 11) is 0. The number of hydrogen-bond acceptors (Lipinski definition) is 2. The van der Waals surface area contributed by atoms with Gasteiger partial charge in [-0.1, -0.05) is 29.3 Å². The Kier molecular flexibility index (Phi) is 6.55. The maximum Gasteiger partial charge on any atom is 0.319 e. The van der Waals surface area contributed by atoms with Crippen molar-refractivity contribution in [3.8, 4) is 0 Å². The number of rotatable bonds is 5. The largest absolute Gasteiger partial charge is 0.350 e. The van der Waals surface area contributed by atoms with Gasteiger partial charge < -0.3 is 16.0 Å². The minimum Gasteiger partial charge on any atom is -0.350 e. The summed E-state index contributed by atoms with van der Waals surface area (Å²) in [5.41, 5.74) is -0.230. The Balaban J connectivity index is 1.78. The highest BCUT2D eigenvalue weighted by Crippen LogP contribution is 2.22. The summed E-state index contributed by atoms with van der Waals surface area (Å²) < 4.78 is 26.8. The van der Waals surface area contributed by atoms with Gasteiger partial charge in [0.2, 0.25) is 0 Å². The van der Waals surface area contributed by atoms with Gasteiger partial charge in [0.15, 0.2) is 0 Å². The van der Waals surface area contributed by atoms with Crippen molar-refractivity contribution in [2.75, 3.05) is 18.4 Å². The molecule has 3 amide bonds. The molecule has 0 radical (unpaired) electrons. The van der Waals surface area contributed by atoms with E-state index in [0.29, 0.717) is 10.6 Å². The number of halogens is 4. The lowest BCUT2D eigenvalue weighted by molar-refractivity contribution is 0.0954. The number of urea groups is 1. The molecule has 0 aliphatic carbocycles. The zero-order valence-corrected chi connectivity index (χ0v) is 14.2. The maximum atomic E-state index is 13.4. The van der Waals surface area contributed by atoms with E-state index in [-0.39, 0.29) is 18.1 Å². The van der Waals surface area contributed by atoms with E-state index in [1.165, 1.54) is 24.3 Å². The Labute approximate surface area is 152 Å². The minimum atomic E-state index is -0.886. The highest BCUT2D eigenvalue weighted by molar-refractivity contribution is 6.42. The molecule has 5 nitrogen and oxygen atoms in total.